The first kappa shape index (κ1) is 20.4. The number of anilines is 1. The molecule has 3 rings (SSSR count). The van der Waals surface area contributed by atoms with Crippen LogP contribution in [0.15, 0.2) is 54.6 Å². The molecule has 2 N–H and O–H groups in total. The number of alkyl halides is 3. The Morgan fingerprint density at radius 2 is 1.86 bits per heavy atom. The van der Waals surface area contributed by atoms with E-state index in [1.807, 2.05) is 24.3 Å². The van der Waals surface area contributed by atoms with Crippen molar-refractivity contribution in [3.63, 3.8) is 0 Å². The number of methoxy groups -OCH3 is 1. The van der Waals surface area contributed by atoms with Crippen molar-refractivity contribution in [2.45, 2.75) is 25.4 Å². The normalized spacial score (nSPS) is 12.4. The second-order valence-electron chi connectivity index (χ2n) is 6.64. The van der Waals surface area contributed by atoms with Crippen LogP contribution in [0.2, 0.25) is 0 Å². The molecule has 0 radical (unpaired) electrons. The van der Waals surface area contributed by atoms with Crippen LogP contribution in [-0.2, 0) is 11.0 Å². The second kappa shape index (κ2) is 8.38. The van der Waals surface area contributed by atoms with Crippen molar-refractivity contribution in [2.24, 2.45) is 0 Å². The summed E-state index contributed by atoms with van der Waals surface area (Å²) in [5.74, 6) is 0.501. The monoisotopic (exact) mass is 403 g/mol. The number of hydrogen-bond donors (Lipinski definition) is 2. The zero-order valence-corrected chi connectivity index (χ0v) is 15.9. The number of para-hydroxylation sites is 1. The molecule has 1 unspecified atom stereocenters. The van der Waals surface area contributed by atoms with Crippen molar-refractivity contribution < 1.29 is 22.7 Å². The maximum Gasteiger partial charge on any atom is 0.416 e. The largest absolute Gasteiger partial charge is 0.496 e. The number of carbonyl (C=O) groups excluding carboxylic acids is 1. The SMILES string of the molecule is COc1ccccc1-c1cc(NC(=O)CC(C)c2ccc(C(F)(F)F)cc2)n[nH]1. The molecular weight excluding hydrogens is 383 g/mol. The highest BCUT2D eigenvalue weighted by molar-refractivity contribution is 5.91. The fourth-order valence-corrected chi connectivity index (χ4v) is 2.98. The van der Waals surface area contributed by atoms with Crippen molar-refractivity contribution in [3.05, 3.63) is 65.7 Å². The second-order valence-corrected chi connectivity index (χ2v) is 6.64. The Kier molecular flexibility index (Phi) is 5.91. The van der Waals surface area contributed by atoms with Gasteiger partial charge in [0.25, 0.3) is 0 Å². The van der Waals surface area contributed by atoms with Gasteiger partial charge in [-0.2, -0.15) is 18.3 Å². The van der Waals surface area contributed by atoms with Crippen LogP contribution in [0.25, 0.3) is 11.3 Å². The summed E-state index contributed by atoms with van der Waals surface area (Å²) in [6, 6.07) is 13.9. The Labute approximate surface area is 165 Å². The van der Waals surface area contributed by atoms with Gasteiger partial charge in [-0.1, -0.05) is 31.2 Å². The summed E-state index contributed by atoms with van der Waals surface area (Å²) in [6.07, 6.45) is -4.26. The van der Waals surface area contributed by atoms with E-state index in [1.54, 1.807) is 20.1 Å². The Morgan fingerprint density at radius 1 is 1.17 bits per heavy atom. The predicted octanol–water partition coefficient (Wildman–Crippen LogP) is 5.24. The first-order valence-electron chi connectivity index (χ1n) is 8.93. The van der Waals surface area contributed by atoms with Crippen LogP contribution in [0, 0.1) is 0 Å². The van der Waals surface area contributed by atoms with Crippen molar-refractivity contribution in [1.82, 2.24) is 10.2 Å². The highest BCUT2D eigenvalue weighted by Gasteiger charge is 2.30. The highest BCUT2D eigenvalue weighted by Crippen LogP contribution is 2.31. The minimum absolute atomic E-state index is 0.113. The minimum atomic E-state index is -4.38. The van der Waals surface area contributed by atoms with Crippen molar-refractivity contribution in [2.75, 3.05) is 12.4 Å². The van der Waals surface area contributed by atoms with Crippen molar-refractivity contribution in [3.8, 4) is 17.0 Å². The maximum atomic E-state index is 12.7. The molecule has 0 saturated heterocycles. The van der Waals surface area contributed by atoms with Gasteiger partial charge in [0.2, 0.25) is 5.91 Å². The quantitative estimate of drug-likeness (QED) is 0.592. The molecule has 1 amide bonds. The fourth-order valence-electron chi connectivity index (χ4n) is 2.98. The molecule has 0 bridgehead atoms. The summed E-state index contributed by atoms with van der Waals surface area (Å²) in [4.78, 5) is 12.3. The number of carbonyl (C=O) groups is 1. The van der Waals surface area contributed by atoms with Crippen molar-refractivity contribution in [1.29, 1.82) is 0 Å². The summed E-state index contributed by atoms with van der Waals surface area (Å²) in [7, 11) is 1.57. The number of H-pyrrole nitrogens is 1. The average Bonchev–Trinajstić information content (AvgIpc) is 3.15. The molecule has 0 fully saturated rings. The van der Waals surface area contributed by atoms with Crippen LogP contribution in [0.4, 0.5) is 19.0 Å². The molecule has 1 aromatic heterocycles. The van der Waals surface area contributed by atoms with Gasteiger partial charge in [-0.15, -0.1) is 0 Å². The van der Waals surface area contributed by atoms with E-state index >= 15 is 0 Å². The lowest BCUT2D eigenvalue weighted by molar-refractivity contribution is -0.137. The molecule has 29 heavy (non-hydrogen) atoms. The van der Waals surface area contributed by atoms with E-state index in [1.165, 1.54) is 12.1 Å². The molecule has 0 spiro atoms. The predicted molar refractivity (Wildman–Crippen MR) is 104 cm³/mol. The fraction of sp³-hybridized carbons (Fsp3) is 0.238. The summed E-state index contributed by atoms with van der Waals surface area (Å²) in [5.41, 5.74) is 1.44. The van der Waals surface area contributed by atoms with Crippen LogP contribution < -0.4 is 10.1 Å². The molecule has 0 saturated carbocycles. The van der Waals surface area contributed by atoms with Gasteiger partial charge in [-0.25, -0.2) is 0 Å². The Balaban J connectivity index is 1.63. The Hall–Kier alpha value is -3.29. The van der Waals surface area contributed by atoms with Crippen LogP contribution >= 0.6 is 0 Å². The van der Waals surface area contributed by atoms with Gasteiger partial charge in [0.05, 0.1) is 18.4 Å². The number of aromatic amines is 1. The Bertz CT molecular complexity index is 981. The number of ether oxygens (including phenoxy) is 1. The third-order valence-electron chi connectivity index (χ3n) is 4.54. The lowest BCUT2D eigenvalue weighted by Gasteiger charge is -2.13. The Morgan fingerprint density at radius 3 is 2.52 bits per heavy atom. The molecule has 5 nitrogen and oxygen atoms in total. The molecule has 3 aromatic rings. The van der Waals surface area contributed by atoms with E-state index in [0.29, 0.717) is 22.8 Å². The molecule has 8 heteroatoms. The maximum absolute atomic E-state index is 12.7. The first-order chi connectivity index (χ1) is 13.8. The molecule has 0 aliphatic heterocycles. The van der Waals surface area contributed by atoms with Gasteiger partial charge in [0.1, 0.15) is 5.75 Å². The standard InChI is InChI=1S/C21H20F3N3O2/c1-13(14-7-9-15(10-8-14)21(22,23)24)11-20(28)25-19-12-17(26-27-19)16-5-3-4-6-18(16)29-2/h3-10,12-13H,11H2,1-2H3,(H2,25,26,27,28). The summed E-state index contributed by atoms with van der Waals surface area (Å²) >= 11 is 0. The van der Waals surface area contributed by atoms with Crippen LogP contribution in [0.5, 0.6) is 5.75 Å². The summed E-state index contributed by atoms with van der Waals surface area (Å²) < 4.78 is 43.3. The minimum Gasteiger partial charge on any atom is -0.496 e. The lowest BCUT2D eigenvalue weighted by atomic mass is 9.96. The van der Waals surface area contributed by atoms with Crippen molar-refractivity contribution >= 4 is 11.7 Å². The zero-order chi connectivity index (χ0) is 21.0. The molecule has 2 aromatic carbocycles. The van der Waals surface area contributed by atoms with Crippen LogP contribution in [0.1, 0.15) is 30.4 Å². The average molecular weight is 403 g/mol. The number of hydrogen-bond acceptors (Lipinski definition) is 3. The number of nitrogens with one attached hydrogen (secondary N) is 2. The number of benzene rings is 2. The summed E-state index contributed by atoms with van der Waals surface area (Å²) in [6.45, 7) is 1.78. The number of rotatable bonds is 6. The molecular formula is C21H20F3N3O2. The number of halogens is 3. The smallest absolute Gasteiger partial charge is 0.416 e. The van der Waals surface area contributed by atoms with Gasteiger partial charge in [0, 0.05) is 18.1 Å². The number of nitrogens with zero attached hydrogens (tertiary/aromatic N) is 1. The topological polar surface area (TPSA) is 67.0 Å². The van der Waals surface area contributed by atoms with E-state index in [-0.39, 0.29) is 18.2 Å². The van der Waals surface area contributed by atoms with Crippen LogP contribution in [0.3, 0.4) is 0 Å². The molecule has 0 aliphatic carbocycles. The van der Waals surface area contributed by atoms with E-state index in [9.17, 15) is 18.0 Å². The van der Waals surface area contributed by atoms with Gasteiger partial charge in [-0.05, 0) is 35.7 Å². The van der Waals surface area contributed by atoms with Gasteiger partial charge in [0.15, 0.2) is 5.82 Å². The summed E-state index contributed by atoms with van der Waals surface area (Å²) in [5, 5.41) is 9.65. The van der Waals surface area contributed by atoms with E-state index in [0.717, 1.165) is 17.7 Å². The third-order valence-corrected chi connectivity index (χ3v) is 4.54. The molecule has 1 heterocycles. The number of aromatic nitrogens is 2. The van der Waals surface area contributed by atoms with E-state index in [4.69, 9.17) is 4.74 Å². The van der Waals surface area contributed by atoms with Gasteiger partial charge < -0.3 is 10.1 Å². The number of amides is 1. The highest BCUT2D eigenvalue weighted by atomic mass is 19.4. The van der Waals surface area contributed by atoms with Crippen LogP contribution in [-0.4, -0.2) is 23.2 Å². The third kappa shape index (κ3) is 4.96. The van der Waals surface area contributed by atoms with E-state index < -0.39 is 11.7 Å². The lowest BCUT2D eigenvalue weighted by Crippen LogP contribution is -2.15. The van der Waals surface area contributed by atoms with Gasteiger partial charge >= 0.3 is 6.18 Å². The first-order valence-corrected chi connectivity index (χ1v) is 8.93. The molecule has 1 atom stereocenters. The molecule has 0 aliphatic rings. The van der Waals surface area contributed by atoms with Gasteiger partial charge in [-0.3, -0.25) is 9.89 Å². The van der Waals surface area contributed by atoms with E-state index in [2.05, 4.69) is 15.5 Å². The zero-order valence-electron chi connectivity index (χ0n) is 15.9. The molecule has 152 valence electrons.